The van der Waals surface area contributed by atoms with E-state index in [0.717, 1.165) is 43.1 Å². The van der Waals surface area contributed by atoms with Crippen molar-refractivity contribution in [2.75, 3.05) is 41.4 Å². The molecule has 12 heteroatoms. The number of hydrogen-bond acceptors (Lipinski definition) is 10. The molecule has 1 fully saturated rings. The van der Waals surface area contributed by atoms with Gasteiger partial charge in [0.15, 0.2) is 5.82 Å². The van der Waals surface area contributed by atoms with E-state index in [1.165, 1.54) is 6.33 Å². The van der Waals surface area contributed by atoms with Crippen molar-refractivity contribution in [2.45, 2.75) is 39.2 Å². The predicted octanol–water partition coefficient (Wildman–Crippen LogP) is 5.11. The zero-order valence-corrected chi connectivity index (χ0v) is 24.9. The Morgan fingerprint density at radius 2 is 1.89 bits per heavy atom. The van der Waals surface area contributed by atoms with Crippen molar-refractivity contribution in [3.05, 3.63) is 72.4 Å². The largest absolute Gasteiger partial charge is 0.444 e. The fourth-order valence-corrected chi connectivity index (χ4v) is 5.67. The Hall–Kier alpha value is -5.31. The van der Waals surface area contributed by atoms with Crippen molar-refractivity contribution in [3.63, 3.8) is 0 Å². The van der Waals surface area contributed by atoms with Crippen LogP contribution >= 0.6 is 0 Å². The number of amides is 2. The van der Waals surface area contributed by atoms with Crippen LogP contribution in [0.5, 0.6) is 0 Å². The molecule has 2 aliphatic rings. The number of ether oxygens (including phenoxy) is 1. The van der Waals surface area contributed by atoms with E-state index in [4.69, 9.17) is 4.74 Å². The van der Waals surface area contributed by atoms with Crippen LogP contribution in [0.3, 0.4) is 0 Å². The minimum absolute atomic E-state index is 0.00984. The molecule has 224 valence electrons. The van der Waals surface area contributed by atoms with E-state index in [-0.39, 0.29) is 5.91 Å². The van der Waals surface area contributed by atoms with Gasteiger partial charge in [-0.05, 0) is 69.9 Å². The van der Waals surface area contributed by atoms with Gasteiger partial charge >= 0.3 is 6.09 Å². The van der Waals surface area contributed by atoms with Gasteiger partial charge in [-0.3, -0.25) is 10.1 Å². The van der Waals surface area contributed by atoms with Gasteiger partial charge in [-0.2, -0.15) is 5.26 Å². The summed E-state index contributed by atoms with van der Waals surface area (Å²) in [5, 5.41) is 12.1. The van der Waals surface area contributed by atoms with Crippen molar-refractivity contribution < 1.29 is 14.3 Å². The summed E-state index contributed by atoms with van der Waals surface area (Å²) in [4.78, 5) is 49.5. The summed E-state index contributed by atoms with van der Waals surface area (Å²) in [6.45, 7) is 7.95. The molecule has 0 atom stereocenters. The van der Waals surface area contributed by atoms with Crippen LogP contribution in [0.1, 0.15) is 49.7 Å². The van der Waals surface area contributed by atoms with Crippen LogP contribution in [0.4, 0.5) is 27.7 Å². The first-order valence-corrected chi connectivity index (χ1v) is 14.6. The summed E-state index contributed by atoms with van der Waals surface area (Å²) < 4.78 is 5.34. The molecular formula is C32H33N9O3. The molecule has 1 N–H and O–H groups in total. The third kappa shape index (κ3) is 6.08. The van der Waals surface area contributed by atoms with Crippen LogP contribution in [-0.4, -0.2) is 68.7 Å². The lowest BCUT2D eigenvalue weighted by Crippen LogP contribution is -2.48. The minimum Gasteiger partial charge on any atom is -0.444 e. The van der Waals surface area contributed by atoms with E-state index in [1.54, 1.807) is 45.3 Å². The number of benzene rings is 1. The topological polar surface area (TPSA) is 140 Å². The van der Waals surface area contributed by atoms with E-state index in [9.17, 15) is 14.9 Å². The van der Waals surface area contributed by atoms with E-state index < -0.39 is 11.7 Å². The number of hydrogen-bond donors (Lipinski definition) is 1. The number of pyridine rings is 2. The number of aromatic nitrogens is 4. The van der Waals surface area contributed by atoms with Crippen molar-refractivity contribution >= 4 is 45.9 Å². The van der Waals surface area contributed by atoms with E-state index >= 15 is 0 Å². The molecule has 6 rings (SSSR count). The van der Waals surface area contributed by atoms with Gasteiger partial charge in [0.25, 0.3) is 5.91 Å². The minimum atomic E-state index is -0.608. The number of anilines is 4. The van der Waals surface area contributed by atoms with E-state index in [0.29, 0.717) is 47.1 Å². The van der Waals surface area contributed by atoms with Crippen LogP contribution in [0.2, 0.25) is 0 Å². The third-order valence-corrected chi connectivity index (χ3v) is 7.69. The van der Waals surface area contributed by atoms with Crippen molar-refractivity contribution in [3.8, 4) is 6.07 Å². The van der Waals surface area contributed by atoms with Crippen LogP contribution in [-0.2, 0) is 4.74 Å². The SMILES string of the molecule is CC(C)(C)OC(=O)Nc1cnc2c(N3CCC(CN4CN(c5ccnc(C#N)c5)c5ccccc5C4=O)CC3)ncnc2c1. The molecule has 44 heavy (non-hydrogen) atoms. The number of piperidine rings is 1. The molecule has 1 saturated heterocycles. The van der Waals surface area contributed by atoms with Gasteiger partial charge in [0.05, 0.1) is 35.3 Å². The third-order valence-electron chi connectivity index (χ3n) is 7.69. The van der Waals surface area contributed by atoms with Crippen LogP contribution < -0.4 is 15.1 Å². The van der Waals surface area contributed by atoms with Gasteiger partial charge in [0.1, 0.15) is 29.2 Å². The normalized spacial score (nSPS) is 15.6. The van der Waals surface area contributed by atoms with Gasteiger partial charge in [-0.1, -0.05) is 12.1 Å². The molecule has 0 spiro atoms. The molecule has 0 bridgehead atoms. The number of nitrogens with zero attached hydrogens (tertiary/aromatic N) is 8. The number of nitrogens with one attached hydrogen (secondary N) is 1. The standard InChI is InChI=1S/C32H33N9O3/c1-32(2,3)44-31(43)38-23-15-26-28(35-17-23)29(37-19-36-26)39-12-9-21(10-13-39)18-40-20-41(24-8-11-34-22(14-24)16-33)27-7-5-4-6-25(27)30(40)42/h4-8,11,14-15,17,19,21H,9-10,12-13,18,20H2,1-3H3,(H,38,43). The molecule has 0 aliphatic carbocycles. The van der Waals surface area contributed by atoms with Gasteiger partial charge < -0.3 is 19.4 Å². The van der Waals surface area contributed by atoms with Gasteiger partial charge in [-0.25, -0.2) is 24.7 Å². The van der Waals surface area contributed by atoms with Gasteiger partial charge in [-0.15, -0.1) is 0 Å². The summed E-state index contributed by atoms with van der Waals surface area (Å²) >= 11 is 0. The zero-order chi connectivity index (χ0) is 30.8. The Balaban J connectivity index is 1.14. The molecule has 0 radical (unpaired) electrons. The number of para-hydroxylation sites is 1. The highest BCUT2D eigenvalue weighted by atomic mass is 16.6. The van der Waals surface area contributed by atoms with Crippen molar-refractivity contribution in [2.24, 2.45) is 5.92 Å². The average molecular weight is 592 g/mol. The molecule has 12 nitrogen and oxygen atoms in total. The number of rotatable bonds is 5. The molecule has 5 heterocycles. The predicted molar refractivity (Wildman–Crippen MR) is 166 cm³/mol. The molecule has 1 aromatic carbocycles. The molecule has 2 amide bonds. The molecule has 0 unspecified atom stereocenters. The fourth-order valence-electron chi connectivity index (χ4n) is 5.67. The second kappa shape index (κ2) is 11.8. The van der Waals surface area contributed by atoms with Crippen molar-refractivity contribution in [1.29, 1.82) is 5.26 Å². The Labute approximate surface area is 255 Å². The molecular weight excluding hydrogens is 558 g/mol. The molecule has 0 saturated carbocycles. The molecule has 2 aliphatic heterocycles. The summed E-state index contributed by atoms with van der Waals surface area (Å²) in [5.74, 6) is 1.06. The lowest BCUT2D eigenvalue weighted by molar-refractivity contribution is 0.0635. The average Bonchev–Trinajstić information content (AvgIpc) is 3.01. The van der Waals surface area contributed by atoms with Crippen molar-refractivity contribution in [1.82, 2.24) is 24.8 Å². The number of fused-ring (bicyclic) bond motifs is 2. The first kappa shape index (κ1) is 28.8. The monoisotopic (exact) mass is 591 g/mol. The first-order valence-electron chi connectivity index (χ1n) is 14.6. The summed E-state index contributed by atoms with van der Waals surface area (Å²) in [5.41, 5.74) is 3.79. The Bertz CT molecular complexity index is 1760. The second-order valence-electron chi connectivity index (χ2n) is 12.0. The number of nitriles is 1. The van der Waals surface area contributed by atoms with Gasteiger partial charge in [0.2, 0.25) is 0 Å². The van der Waals surface area contributed by atoms with E-state index in [1.807, 2.05) is 35.2 Å². The summed E-state index contributed by atoms with van der Waals surface area (Å²) in [6.07, 6.45) is 5.92. The molecule has 3 aromatic heterocycles. The maximum Gasteiger partial charge on any atom is 0.412 e. The highest BCUT2D eigenvalue weighted by Crippen LogP contribution is 2.35. The number of carbonyl (C=O) groups is 2. The summed E-state index contributed by atoms with van der Waals surface area (Å²) in [7, 11) is 0. The first-order chi connectivity index (χ1) is 21.2. The van der Waals surface area contributed by atoms with Gasteiger partial charge in [0, 0.05) is 31.5 Å². The quantitative estimate of drug-likeness (QED) is 0.333. The van der Waals surface area contributed by atoms with Crippen LogP contribution in [0, 0.1) is 17.2 Å². The highest BCUT2D eigenvalue weighted by Gasteiger charge is 2.33. The smallest absolute Gasteiger partial charge is 0.412 e. The fraction of sp³-hybridized carbons (Fsp3) is 0.344. The Kier molecular flexibility index (Phi) is 7.69. The lowest BCUT2D eigenvalue weighted by atomic mass is 9.95. The van der Waals surface area contributed by atoms with Crippen LogP contribution in [0.25, 0.3) is 11.0 Å². The summed E-state index contributed by atoms with van der Waals surface area (Å²) in [6, 6.07) is 15.1. The van der Waals surface area contributed by atoms with Crippen LogP contribution in [0.15, 0.2) is 61.2 Å². The maximum atomic E-state index is 13.6. The Morgan fingerprint density at radius 3 is 2.66 bits per heavy atom. The molecule has 4 aromatic rings. The number of carbonyl (C=O) groups excluding carboxylic acids is 2. The second-order valence-corrected chi connectivity index (χ2v) is 12.0. The zero-order valence-electron chi connectivity index (χ0n) is 24.9. The highest BCUT2D eigenvalue weighted by molar-refractivity contribution is 6.02. The maximum absolute atomic E-state index is 13.6. The van der Waals surface area contributed by atoms with E-state index in [2.05, 4.69) is 41.1 Å². The lowest BCUT2D eigenvalue weighted by Gasteiger charge is -2.41. The Morgan fingerprint density at radius 1 is 1.09 bits per heavy atom.